The molecule has 0 bridgehead atoms. The van der Waals surface area contributed by atoms with Crippen LogP contribution in [0.3, 0.4) is 0 Å². The minimum Gasteiger partial charge on any atom is -0.348 e. The van der Waals surface area contributed by atoms with Gasteiger partial charge in [0.2, 0.25) is 15.9 Å². The summed E-state index contributed by atoms with van der Waals surface area (Å²) in [5.74, 6) is -0.211. The van der Waals surface area contributed by atoms with Crippen LogP contribution in [0.25, 0.3) is 0 Å². The van der Waals surface area contributed by atoms with Crippen molar-refractivity contribution in [3.63, 3.8) is 0 Å². The molecule has 1 fully saturated rings. The highest BCUT2D eigenvalue weighted by molar-refractivity contribution is 7.89. The van der Waals surface area contributed by atoms with Gasteiger partial charge in [-0.05, 0) is 37.5 Å². The Bertz CT molecular complexity index is 718. The highest BCUT2D eigenvalue weighted by atomic mass is 32.2. The third kappa shape index (κ3) is 5.04. The second-order valence-corrected chi connectivity index (χ2v) is 7.65. The van der Waals surface area contributed by atoms with Gasteiger partial charge in [-0.15, -0.1) is 0 Å². The predicted octanol–water partition coefficient (Wildman–Crippen LogP) is 2.61. The third-order valence-electron chi connectivity index (χ3n) is 3.87. The van der Waals surface area contributed by atoms with Crippen molar-refractivity contribution < 1.29 is 13.2 Å². The summed E-state index contributed by atoms with van der Waals surface area (Å²) in [6.45, 7) is 3.33. The fourth-order valence-electron chi connectivity index (χ4n) is 2.57. The number of benzene rings is 1. The van der Waals surface area contributed by atoms with Crippen molar-refractivity contribution in [1.29, 1.82) is 0 Å². The number of carbonyl (C=O) groups excluding carboxylic acids is 1. The van der Waals surface area contributed by atoms with E-state index in [0.29, 0.717) is 24.5 Å². The van der Waals surface area contributed by atoms with Crippen LogP contribution in [0, 0.1) is 0 Å². The van der Waals surface area contributed by atoms with Crippen molar-refractivity contribution >= 4 is 15.9 Å². The van der Waals surface area contributed by atoms with Gasteiger partial charge in [-0.1, -0.05) is 36.8 Å². The van der Waals surface area contributed by atoms with E-state index >= 15 is 0 Å². The number of carbonyl (C=O) groups is 1. The SMILES string of the molecule is C/C=C/C=C/C(=O)NCc1cccc(S(=O)(=O)N2CCCCC2)c1. The Labute approximate surface area is 144 Å². The lowest BCUT2D eigenvalue weighted by Gasteiger charge is -2.26. The van der Waals surface area contributed by atoms with Gasteiger partial charge < -0.3 is 5.32 Å². The standard InChI is InChI=1S/C18H24N2O3S/c1-2-3-5-11-18(21)19-15-16-9-8-10-17(14-16)24(22,23)20-12-6-4-7-13-20/h2-3,5,8-11,14H,4,6-7,12-13,15H2,1H3,(H,19,21)/b3-2+,11-5+. The van der Waals surface area contributed by atoms with Crippen LogP contribution in [-0.2, 0) is 21.4 Å². The predicted molar refractivity (Wildman–Crippen MR) is 94.9 cm³/mol. The summed E-state index contributed by atoms with van der Waals surface area (Å²) in [6.07, 6.45) is 9.60. The molecule has 1 aromatic carbocycles. The summed E-state index contributed by atoms with van der Waals surface area (Å²) >= 11 is 0. The fraction of sp³-hybridized carbons (Fsp3) is 0.389. The Hall–Kier alpha value is -1.92. The van der Waals surface area contributed by atoms with E-state index in [9.17, 15) is 13.2 Å². The van der Waals surface area contributed by atoms with Crippen LogP contribution in [0.1, 0.15) is 31.7 Å². The van der Waals surface area contributed by atoms with Crippen molar-refractivity contribution in [3.8, 4) is 0 Å². The molecular weight excluding hydrogens is 324 g/mol. The van der Waals surface area contributed by atoms with Gasteiger partial charge in [-0.2, -0.15) is 4.31 Å². The van der Waals surface area contributed by atoms with Crippen molar-refractivity contribution in [2.24, 2.45) is 0 Å². The molecule has 1 saturated heterocycles. The van der Waals surface area contributed by atoms with Gasteiger partial charge >= 0.3 is 0 Å². The van der Waals surface area contributed by atoms with E-state index < -0.39 is 10.0 Å². The molecule has 6 heteroatoms. The molecule has 0 spiro atoms. The molecule has 5 nitrogen and oxygen atoms in total. The van der Waals surface area contributed by atoms with E-state index in [-0.39, 0.29) is 5.91 Å². The van der Waals surface area contributed by atoms with Gasteiger partial charge in [0.25, 0.3) is 0 Å². The number of hydrogen-bond donors (Lipinski definition) is 1. The van der Waals surface area contributed by atoms with Gasteiger partial charge in [0.15, 0.2) is 0 Å². The second-order valence-electron chi connectivity index (χ2n) is 5.71. The van der Waals surface area contributed by atoms with E-state index in [2.05, 4.69) is 5.32 Å². The summed E-state index contributed by atoms with van der Waals surface area (Å²) in [5.41, 5.74) is 0.765. The molecule has 1 amide bonds. The quantitative estimate of drug-likeness (QED) is 0.635. The minimum absolute atomic E-state index is 0.211. The summed E-state index contributed by atoms with van der Waals surface area (Å²) in [7, 11) is -3.44. The van der Waals surface area contributed by atoms with Gasteiger partial charge in [-0.25, -0.2) is 8.42 Å². The number of amides is 1. The first-order valence-corrected chi connectivity index (χ1v) is 9.64. The zero-order chi connectivity index (χ0) is 17.4. The zero-order valence-corrected chi connectivity index (χ0v) is 14.8. The number of sulfonamides is 1. The van der Waals surface area contributed by atoms with Crippen LogP contribution >= 0.6 is 0 Å². The van der Waals surface area contributed by atoms with Crippen LogP contribution in [0.4, 0.5) is 0 Å². The van der Waals surface area contributed by atoms with E-state index in [1.54, 1.807) is 34.7 Å². The lowest BCUT2D eigenvalue weighted by molar-refractivity contribution is -0.116. The Morgan fingerprint density at radius 1 is 1.21 bits per heavy atom. The molecule has 0 unspecified atom stereocenters. The molecule has 1 aromatic rings. The third-order valence-corrected chi connectivity index (χ3v) is 5.76. The summed E-state index contributed by atoms with van der Waals surface area (Å²) < 4.78 is 26.9. The summed E-state index contributed by atoms with van der Waals surface area (Å²) in [5, 5.41) is 2.75. The topological polar surface area (TPSA) is 66.5 Å². The molecule has 0 aromatic heterocycles. The van der Waals surface area contributed by atoms with Gasteiger partial charge in [0.05, 0.1) is 4.90 Å². The molecular formula is C18H24N2O3S. The molecule has 1 heterocycles. The second kappa shape index (κ2) is 8.80. The Kier molecular flexibility index (Phi) is 6.75. The minimum atomic E-state index is -3.44. The smallest absolute Gasteiger partial charge is 0.244 e. The van der Waals surface area contributed by atoms with E-state index in [0.717, 1.165) is 24.8 Å². The Morgan fingerprint density at radius 2 is 1.96 bits per heavy atom. The maximum absolute atomic E-state index is 12.7. The average molecular weight is 348 g/mol. The first-order valence-electron chi connectivity index (χ1n) is 8.20. The summed E-state index contributed by atoms with van der Waals surface area (Å²) in [6, 6.07) is 6.78. The van der Waals surface area contributed by atoms with Crippen LogP contribution in [0.5, 0.6) is 0 Å². The summed E-state index contributed by atoms with van der Waals surface area (Å²) in [4.78, 5) is 12.0. The monoisotopic (exact) mass is 348 g/mol. The Balaban J connectivity index is 2.04. The van der Waals surface area contributed by atoms with Crippen molar-refractivity contribution in [2.75, 3.05) is 13.1 Å². The first-order chi connectivity index (χ1) is 11.5. The maximum atomic E-state index is 12.7. The van der Waals surface area contributed by atoms with E-state index in [1.807, 2.05) is 19.1 Å². The molecule has 24 heavy (non-hydrogen) atoms. The highest BCUT2D eigenvalue weighted by Crippen LogP contribution is 2.21. The lowest BCUT2D eigenvalue weighted by atomic mass is 10.2. The number of rotatable bonds is 6. The molecule has 0 radical (unpaired) electrons. The van der Waals surface area contributed by atoms with Crippen molar-refractivity contribution in [1.82, 2.24) is 9.62 Å². The molecule has 1 aliphatic rings. The molecule has 2 rings (SSSR count). The zero-order valence-electron chi connectivity index (χ0n) is 13.9. The first kappa shape index (κ1) is 18.4. The van der Waals surface area contributed by atoms with Crippen molar-refractivity contribution in [3.05, 3.63) is 54.1 Å². The molecule has 1 aliphatic heterocycles. The van der Waals surface area contributed by atoms with Crippen LogP contribution in [-0.4, -0.2) is 31.7 Å². The van der Waals surface area contributed by atoms with Crippen molar-refractivity contribution in [2.45, 2.75) is 37.6 Å². The number of nitrogens with one attached hydrogen (secondary N) is 1. The largest absolute Gasteiger partial charge is 0.348 e. The normalized spacial score (nSPS) is 16.7. The lowest BCUT2D eigenvalue weighted by Crippen LogP contribution is -2.35. The molecule has 1 N–H and O–H groups in total. The van der Waals surface area contributed by atoms with Gasteiger partial charge in [0, 0.05) is 25.7 Å². The van der Waals surface area contributed by atoms with E-state index in [4.69, 9.17) is 0 Å². The van der Waals surface area contributed by atoms with Crippen LogP contribution in [0.2, 0.25) is 0 Å². The number of nitrogens with zero attached hydrogens (tertiary/aromatic N) is 1. The maximum Gasteiger partial charge on any atom is 0.244 e. The molecule has 0 atom stereocenters. The number of hydrogen-bond acceptors (Lipinski definition) is 3. The van der Waals surface area contributed by atoms with Crippen LogP contribution in [0.15, 0.2) is 53.5 Å². The molecule has 130 valence electrons. The number of piperidine rings is 1. The van der Waals surface area contributed by atoms with E-state index in [1.165, 1.54) is 6.08 Å². The average Bonchev–Trinajstić information content (AvgIpc) is 2.61. The fourth-order valence-corrected chi connectivity index (χ4v) is 4.16. The van der Waals surface area contributed by atoms with Gasteiger partial charge in [0.1, 0.15) is 0 Å². The number of allylic oxidation sites excluding steroid dienone is 3. The van der Waals surface area contributed by atoms with Crippen LogP contribution < -0.4 is 5.32 Å². The molecule has 0 saturated carbocycles. The molecule has 0 aliphatic carbocycles. The van der Waals surface area contributed by atoms with Gasteiger partial charge in [-0.3, -0.25) is 4.79 Å². The highest BCUT2D eigenvalue weighted by Gasteiger charge is 2.25. The Morgan fingerprint density at radius 3 is 2.67 bits per heavy atom.